The summed E-state index contributed by atoms with van der Waals surface area (Å²) in [5, 5.41) is 5.28. The van der Waals surface area contributed by atoms with Gasteiger partial charge in [-0.15, -0.1) is 0 Å². The van der Waals surface area contributed by atoms with Crippen LogP contribution in [0.3, 0.4) is 0 Å². The number of hydrogen-bond donors (Lipinski definition) is 0. The van der Waals surface area contributed by atoms with Gasteiger partial charge in [0.25, 0.3) is 0 Å². The summed E-state index contributed by atoms with van der Waals surface area (Å²) in [6.07, 6.45) is 5.75. The monoisotopic (exact) mass is 231 g/mol. The molecule has 2 rings (SSSR count). The predicted molar refractivity (Wildman–Crippen MR) is 68.2 cm³/mol. The Morgan fingerprint density at radius 2 is 2.06 bits per heavy atom. The van der Waals surface area contributed by atoms with Crippen molar-refractivity contribution < 1.29 is 0 Å². The summed E-state index contributed by atoms with van der Waals surface area (Å²) in [6.45, 7) is 1.97. The Kier molecular flexibility index (Phi) is 3.41. The molecule has 1 aromatic heterocycles. The molecule has 0 atom stereocenters. The molecular formula is C12H13N3S. The number of imidazole rings is 1. The number of thioether (sulfide) groups is 1. The van der Waals surface area contributed by atoms with Crippen LogP contribution in [0.4, 0.5) is 0 Å². The Labute approximate surface area is 99.2 Å². The largest absolute Gasteiger partial charge is 0.226 e. The lowest BCUT2D eigenvalue weighted by atomic mass is 10.2. The minimum Gasteiger partial charge on any atom is -0.226 e. The highest BCUT2D eigenvalue weighted by Crippen LogP contribution is 2.13. The first kappa shape index (κ1) is 11.0. The molecule has 0 N–H and O–H groups in total. The van der Waals surface area contributed by atoms with Gasteiger partial charge in [0.15, 0.2) is 5.16 Å². The van der Waals surface area contributed by atoms with Crippen LogP contribution >= 0.6 is 11.8 Å². The lowest BCUT2D eigenvalue weighted by molar-refractivity contribution is 0.769. The van der Waals surface area contributed by atoms with Crippen molar-refractivity contribution >= 4 is 18.0 Å². The minimum atomic E-state index is 0.907. The summed E-state index contributed by atoms with van der Waals surface area (Å²) in [5.74, 6) is 0. The van der Waals surface area contributed by atoms with E-state index in [-0.39, 0.29) is 0 Å². The summed E-state index contributed by atoms with van der Waals surface area (Å²) in [6, 6.07) is 10.0. The van der Waals surface area contributed by atoms with E-state index in [9.17, 15) is 0 Å². The van der Waals surface area contributed by atoms with E-state index in [1.807, 2.05) is 55.9 Å². The van der Waals surface area contributed by atoms with E-state index >= 15 is 0 Å². The summed E-state index contributed by atoms with van der Waals surface area (Å²) in [4.78, 5) is 4.35. The second-order valence-corrected chi connectivity index (χ2v) is 4.14. The third-order valence-electron chi connectivity index (χ3n) is 2.09. The van der Waals surface area contributed by atoms with Crippen LogP contribution < -0.4 is 0 Å². The van der Waals surface area contributed by atoms with Gasteiger partial charge in [0, 0.05) is 0 Å². The highest BCUT2D eigenvalue weighted by atomic mass is 32.2. The molecule has 0 saturated carbocycles. The predicted octanol–water partition coefficient (Wildman–Crippen LogP) is 2.80. The van der Waals surface area contributed by atoms with Gasteiger partial charge in [0.1, 0.15) is 0 Å². The van der Waals surface area contributed by atoms with Crippen molar-refractivity contribution in [3.63, 3.8) is 0 Å². The van der Waals surface area contributed by atoms with Gasteiger partial charge in [-0.05, 0) is 18.7 Å². The molecule has 16 heavy (non-hydrogen) atoms. The third kappa shape index (κ3) is 2.52. The molecule has 82 valence electrons. The van der Waals surface area contributed by atoms with Crippen LogP contribution in [-0.4, -0.2) is 22.1 Å². The highest BCUT2D eigenvalue weighted by Gasteiger charge is 2.01. The first-order chi connectivity index (χ1) is 7.79. The van der Waals surface area contributed by atoms with E-state index in [4.69, 9.17) is 0 Å². The van der Waals surface area contributed by atoms with E-state index in [0.29, 0.717) is 0 Å². The van der Waals surface area contributed by atoms with Gasteiger partial charge < -0.3 is 0 Å². The second-order valence-electron chi connectivity index (χ2n) is 3.37. The molecule has 0 saturated heterocycles. The number of hydrogen-bond acceptors (Lipinski definition) is 3. The molecule has 1 heterocycles. The molecule has 0 unspecified atom stereocenters. The Morgan fingerprint density at radius 3 is 2.75 bits per heavy atom. The molecule has 4 heteroatoms. The van der Waals surface area contributed by atoms with Crippen molar-refractivity contribution in [1.82, 2.24) is 9.66 Å². The minimum absolute atomic E-state index is 0.907. The molecule has 0 bridgehead atoms. The fraction of sp³-hybridized carbons (Fsp3) is 0.167. The van der Waals surface area contributed by atoms with Gasteiger partial charge in [-0.25, -0.2) is 9.66 Å². The SMILES string of the molecule is CSc1nc(C)cn1/N=C\c1ccccc1. The van der Waals surface area contributed by atoms with Crippen LogP contribution in [-0.2, 0) is 0 Å². The van der Waals surface area contributed by atoms with Gasteiger partial charge in [-0.2, -0.15) is 5.10 Å². The van der Waals surface area contributed by atoms with Crippen molar-refractivity contribution in [2.24, 2.45) is 5.10 Å². The first-order valence-corrected chi connectivity index (χ1v) is 6.21. The van der Waals surface area contributed by atoms with E-state index in [0.717, 1.165) is 16.4 Å². The second kappa shape index (κ2) is 4.99. The van der Waals surface area contributed by atoms with Gasteiger partial charge in [-0.3, -0.25) is 0 Å². The molecule has 0 amide bonds. The zero-order chi connectivity index (χ0) is 11.4. The lowest BCUT2D eigenvalue weighted by Crippen LogP contribution is -1.90. The van der Waals surface area contributed by atoms with Crippen molar-refractivity contribution in [2.75, 3.05) is 6.26 Å². The molecule has 0 fully saturated rings. The first-order valence-electron chi connectivity index (χ1n) is 4.99. The van der Waals surface area contributed by atoms with Crippen LogP contribution in [0.25, 0.3) is 0 Å². The van der Waals surface area contributed by atoms with E-state index in [1.54, 1.807) is 16.4 Å². The van der Waals surface area contributed by atoms with Gasteiger partial charge in [0.05, 0.1) is 18.1 Å². The molecule has 0 aliphatic carbocycles. The summed E-state index contributed by atoms with van der Waals surface area (Å²) in [7, 11) is 0. The van der Waals surface area contributed by atoms with E-state index in [1.165, 1.54) is 0 Å². The molecule has 2 aromatic rings. The van der Waals surface area contributed by atoms with Crippen molar-refractivity contribution in [3.8, 4) is 0 Å². The molecule has 0 aliphatic rings. The van der Waals surface area contributed by atoms with Crippen molar-refractivity contribution in [3.05, 3.63) is 47.8 Å². The Morgan fingerprint density at radius 1 is 1.31 bits per heavy atom. The number of benzene rings is 1. The van der Waals surface area contributed by atoms with Crippen LogP contribution in [0.2, 0.25) is 0 Å². The van der Waals surface area contributed by atoms with E-state index in [2.05, 4.69) is 10.1 Å². The molecule has 0 aliphatic heterocycles. The maximum Gasteiger partial charge on any atom is 0.188 e. The summed E-state index contributed by atoms with van der Waals surface area (Å²) < 4.78 is 1.80. The van der Waals surface area contributed by atoms with Crippen LogP contribution in [0, 0.1) is 6.92 Å². The van der Waals surface area contributed by atoms with Crippen molar-refractivity contribution in [1.29, 1.82) is 0 Å². The molecule has 3 nitrogen and oxygen atoms in total. The van der Waals surface area contributed by atoms with Gasteiger partial charge in [-0.1, -0.05) is 42.1 Å². The smallest absolute Gasteiger partial charge is 0.188 e. The lowest BCUT2D eigenvalue weighted by Gasteiger charge is -1.96. The quantitative estimate of drug-likeness (QED) is 0.600. The summed E-state index contributed by atoms with van der Waals surface area (Å²) >= 11 is 1.59. The average molecular weight is 231 g/mol. The normalized spacial score (nSPS) is 11.1. The fourth-order valence-electron chi connectivity index (χ4n) is 1.35. The molecule has 0 spiro atoms. The van der Waals surface area contributed by atoms with Crippen LogP contribution in [0.15, 0.2) is 46.8 Å². The van der Waals surface area contributed by atoms with Crippen molar-refractivity contribution in [2.45, 2.75) is 12.1 Å². The van der Waals surface area contributed by atoms with Gasteiger partial charge in [0.2, 0.25) is 0 Å². The maximum atomic E-state index is 4.38. The Hall–Kier alpha value is -1.55. The number of nitrogens with zero attached hydrogens (tertiary/aromatic N) is 3. The third-order valence-corrected chi connectivity index (χ3v) is 2.73. The highest BCUT2D eigenvalue weighted by molar-refractivity contribution is 7.98. The van der Waals surface area contributed by atoms with Crippen LogP contribution in [0.5, 0.6) is 0 Å². The summed E-state index contributed by atoms with van der Waals surface area (Å²) in [5.41, 5.74) is 2.07. The standard InChI is InChI=1S/C12H13N3S/c1-10-9-15(12(14-10)16-2)13-8-11-6-4-3-5-7-11/h3-9H,1-2H3/b13-8-. The molecule has 1 aromatic carbocycles. The molecular weight excluding hydrogens is 218 g/mol. The Balaban J connectivity index is 2.23. The topological polar surface area (TPSA) is 30.2 Å². The van der Waals surface area contributed by atoms with E-state index < -0.39 is 0 Å². The van der Waals surface area contributed by atoms with Crippen LogP contribution in [0.1, 0.15) is 11.3 Å². The number of aryl methyl sites for hydroxylation is 1. The fourth-order valence-corrected chi connectivity index (χ4v) is 1.88. The van der Waals surface area contributed by atoms with Gasteiger partial charge >= 0.3 is 0 Å². The Bertz CT molecular complexity index is 488. The average Bonchev–Trinajstić information content (AvgIpc) is 2.68. The number of aromatic nitrogens is 2. The molecule has 0 radical (unpaired) electrons. The maximum absolute atomic E-state index is 4.38. The number of rotatable bonds is 3. The zero-order valence-electron chi connectivity index (χ0n) is 9.29. The zero-order valence-corrected chi connectivity index (χ0v) is 10.1.